The fourth-order valence-electron chi connectivity index (χ4n) is 1.98. The number of benzene rings is 1. The van der Waals surface area contributed by atoms with Gasteiger partial charge in [-0.2, -0.15) is 0 Å². The molecule has 6 nitrogen and oxygen atoms in total. The molecule has 2 aromatic rings. The van der Waals surface area contributed by atoms with Crippen LogP contribution < -0.4 is 10.1 Å². The maximum atomic E-state index is 12.3. The number of esters is 1. The Balaban J connectivity index is 2.03. The number of aryl methyl sites for hydroxylation is 2. The molecule has 1 aromatic heterocycles. The van der Waals surface area contributed by atoms with Gasteiger partial charge in [-0.3, -0.25) is 10.1 Å². The molecule has 1 atom stereocenters. The summed E-state index contributed by atoms with van der Waals surface area (Å²) in [7, 11) is 0. The summed E-state index contributed by atoms with van der Waals surface area (Å²) in [5.74, 6) is -0.109. The first kappa shape index (κ1) is 17.9. The standard InChI is InChI=1S/C17H20N2O4S/c1-5-22-16(21)14-11(3)18-17(24-14)19-15(20)12(4)23-13-9-7-6-8-10(13)2/h6-9,12H,5H2,1-4H3,(H,18,19,20)/t12-/m1/s1. The first-order valence-electron chi connectivity index (χ1n) is 7.60. The van der Waals surface area contributed by atoms with Crippen LogP contribution in [0.15, 0.2) is 24.3 Å². The molecule has 128 valence electrons. The number of nitrogens with one attached hydrogen (secondary N) is 1. The van der Waals surface area contributed by atoms with Crippen molar-refractivity contribution in [2.45, 2.75) is 33.8 Å². The fourth-order valence-corrected chi connectivity index (χ4v) is 2.84. The van der Waals surface area contributed by atoms with Crippen molar-refractivity contribution >= 4 is 28.3 Å². The van der Waals surface area contributed by atoms with Crippen molar-refractivity contribution in [3.8, 4) is 5.75 Å². The average molecular weight is 348 g/mol. The summed E-state index contributed by atoms with van der Waals surface area (Å²) in [6.07, 6.45) is -0.693. The van der Waals surface area contributed by atoms with E-state index in [1.807, 2.05) is 31.2 Å². The Morgan fingerprint density at radius 3 is 2.67 bits per heavy atom. The van der Waals surface area contributed by atoms with E-state index in [-0.39, 0.29) is 5.91 Å². The molecule has 0 saturated heterocycles. The zero-order valence-electron chi connectivity index (χ0n) is 14.1. The number of para-hydroxylation sites is 1. The van der Waals surface area contributed by atoms with Gasteiger partial charge < -0.3 is 9.47 Å². The van der Waals surface area contributed by atoms with Crippen LogP contribution in [0, 0.1) is 13.8 Å². The molecular formula is C17H20N2O4S. The van der Waals surface area contributed by atoms with Crippen LogP contribution in [0.1, 0.15) is 34.8 Å². The van der Waals surface area contributed by atoms with Gasteiger partial charge in [-0.05, 0) is 39.3 Å². The molecule has 0 aliphatic carbocycles. The minimum absolute atomic E-state index is 0.291. The number of ether oxygens (including phenoxy) is 2. The Bertz CT molecular complexity index is 742. The zero-order chi connectivity index (χ0) is 17.7. The predicted octanol–water partition coefficient (Wildman–Crippen LogP) is 3.34. The highest BCUT2D eigenvalue weighted by Gasteiger charge is 2.20. The van der Waals surface area contributed by atoms with E-state index in [1.165, 1.54) is 0 Å². The Morgan fingerprint density at radius 2 is 2.00 bits per heavy atom. The number of amides is 1. The number of hydrogen-bond acceptors (Lipinski definition) is 6. The number of thiazole rings is 1. The van der Waals surface area contributed by atoms with Crippen LogP contribution in [0.3, 0.4) is 0 Å². The minimum Gasteiger partial charge on any atom is -0.481 e. The normalized spacial score (nSPS) is 11.7. The smallest absolute Gasteiger partial charge is 0.350 e. The van der Waals surface area contributed by atoms with Crippen molar-refractivity contribution in [3.63, 3.8) is 0 Å². The van der Waals surface area contributed by atoms with Crippen molar-refractivity contribution in [1.29, 1.82) is 0 Å². The van der Waals surface area contributed by atoms with E-state index in [0.29, 0.717) is 28.1 Å². The molecule has 2 rings (SSSR count). The van der Waals surface area contributed by atoms with E-state index in [2.05, 4.69) is 10.3 Å². The maximum Gasteiger partial charge on any atom is 0.350 e. The summed E-state index contributed by atoms with van der Waals surface area (Å²) in [5, 5.41) is 3.02. The number of aromatic nitrogens is 1. The van der Waals surface area contributed by atoms with Gasteiger partial charge in [0.1, 0.15) is 10.6 Å². The molecule has 0 fully saturated rings. The number of carbonyl (C=O) groups excluding carboxylic acids is 2. The van der Waals surface area contributed by atoms with E-state index < -0.39 is 12.1 Å². The van der Waals surface area contributed by atoms with E-state index in [0.717, 1.165) is 16.9 Å². The van der Waals surface area contributed by atoms with Gasteiger partial charge in [-0.15, -0.1) is 0 Å². The van der Waals surface area contributed by atoms with Crippen LogP contribution in [0.5, 0.6) is 5.75 Å². The number of hydrogen-bond donors (Lipinski definition) is 1. The van der Waals surface area contributed by atoms with Gasteiger partial charge in [0.05, 0.1) is 12.3 Å². The van der Waals surface area contributed by atoms with Crippen LogP contribution in [-0.2, 0) is 9.53 Å². The maximum absolute atomic E-state index is 12.3. The average Bonchev–Trinajstić information content (AvgIpc) is 2.90. The number of carbonyl (C=O) groups is 2. The molecule has 0 radical (unpaired) electrons. The Hall–Kier alpha value is -2.41. The van der Waals surface area contributed by atoms with Crippen molar-refractivity contribution in [3.05, 3.63) is 40.4 Å². The lowest BCUT2D eigenvalue weighted by atomic mass is 10.2. The Morgan fingerprint density at radius 1 is 1.29 bits per heavy atom. The topological polar surface area (TPSA) is 77.5 Å². The van der Waals surface area contributed by atoms with Crippen molar-refractivity contribution in [2.24, 2.45) is 0 Å². The molecule has 1 N–H and O–H groups in total. The number of rotatable bonds is 6. The second kappa shape index (κ2) is 7.92. The third-order valence-corrected chi connectivity index (χ3v) is 4.31. The molecule has 1 aromatic carbocycles. The van der Waals surface area contributed by atoms with Crippen LogP contribution in [-0.4, -0.2) is 29.6 Å². The van der Waals surface area contributed by atoms with Crippen LogP contribution in [0.2, 0.25) is 0 Å². The highest BCUT2D eigenvalue weighted by atomic mass is 32.1. The lowest BCUT2D eigenvalue weighted by Crippen LogP contribution is -2.30. The predicted molar refractivity (Wildman–Crippen MR) is 92.7 cm³/mol. The molecule has 7 heteroatoms. The van der Waals surface area contributed by atoms with Gasteiger partial charge in [0, 0.05) is 0 Å². The summed E-state index contributed by atoms with van der Waals surface area (Å²) in [6, 6.07) is 7.48. The molecule has 0 saturated carbocycles. The van der Waals surface area contributed by atoms with Gasteiger partial charge in [-0.25, -0.2) is 9.78 Å². The van der Waals surface area contributed by atoms with Crippen LogP contribution in [0.25, 0.3) is 0 Å². The van der Waals surface area contributed by atoms with E-state index >= 15 is 0 Å². The molecule has 0 spiro atoms. The fraction of sp³-hybridized carbons (Fsp3) is 0.353. The SMILES string of the molecule is CCOC(=O)c1sc(NC(=O)[C@@H](C)Oc2ccccc2C)nc1C. The molecule has 24 heavy (non-hydrogen) atoms. The monoisotopic (exact) mass is 348 g/mol. The van der Waals surface area contributed by atoms with Gasteiger partial charge in [0.15, 0.2) is 11.2 Å². The van der Waals surface area contributed by atoms with E-state index in [4.69, 9.17) is 9.47 Å². The lowest BCUT2D eigenvalue weighted by Gasteiger charge is -2.15. The highest BCUT2D eigenvalue weighted by molar-refractivity contribution is 7.17. The zero-order valence-corrected chi connectivity index (χ0v) is 14.9. The van der Waals surface area contributed by atoms with E-state index in [9.17, 15) is 9.59 Å². The second-order valence-corrected chi connectivity index (χ2v) is 6.17. The molecule has 0 aliphatic heterocycles. The van der Waals surface area contributed by atoms with Gasteiger partial charge in [-0.1, -0.05) is 29.5 Å². The molecule has 0 bridgehead atoms. The highest BCUT2D eigenvalue weighted by Crippen LogP contribution is 2.24. The van der Waals surface area contributed by atoms with Crippen molar-refractivity contribution < 1.29 is 19.1 Å². The largest absolute Gasteiger partial charge is 0.481 e. The summed E-state index contributed by atoms with van der Waals surface area (Å²) in [4.78, 5) is 28.6. The third-order valence-electron chi connectivity index (χ3n) is 3.25. The summed E-state index contributed by atoms with van der Waals surface area (Å²) in [5.41, 5.74) is 1.48. The van der Waals surface area contributed by atoms with Gasteiger partial charge in [0.2, 0.25) is 0 Å². The number of anilines is 1. The molecule has 0 unspecified atom stereocenters. The third kappa shape index (κ3) is 4.32. The first-order valence-corrected chi connectivity index (χ1v) is 8.41. The van der Waals surface area contributed by atoms with Crippen LogP contribution >= 0.6 is 11.3 Å². The Kier molecular flexibility index (Phi) is 5.92. The molecule has 0 aliphatic rings. The van der Waals surface area contributed by atoms with Gasteiger partial charge in [0.25, 0.3) is 5.91 Å². The summed E-state index contributed by atoms with van der Waals surface area (Å²) >= 11 is 1.09. The molecule has 1 amide bonds. The molecule has 1 heterocycles. The first-order chi connectivity index (χ1) is 11.4. The van der Waals surface area contributed by atoms with Crippen molar-refractivity contribution in [1.82, 2.24) is 4.98 Å². The minimum atomic E-state index is -0.693. The second-order valence-electron chi connectivity index (χ2n) is 5.17. The summed E-state index contributed by atoms with van der Waals surface area (Å²) < 4.78 is 10.6. The molecular weight excluding hydrogens is 328 g/mol. The quantitative estimate of drug-likeness (QED) is 0.810. The lowest BCUT2D eigenvalue weighted by molar-refractivity contribution is -0.122. The van der Waals surface area contributed by atoms with Crippen molar-refractivity contribution in [2.75, 3.05) is 11.9 Å². The summed E-state index contributed by atoms with van der Waals surface area (Å²) in [6.45, 7) is 7.30. The van der Waals surface area contributed by atoms with Crippen LogP contribution in [0.4, 0.5) is 5.13 Å². The number of nitrogens with zero attached hydrogens (tertiary/aromatic N) is 1. The van der Waals surface area contributed by atoms with Gasteiger partial charge >= 0.3 is 5.97 Å². The van der Waals surface area contributed by atoms with E-state index in [1.54, 1.807) is 20.8 Å². The Labute approximate surface area is 144 Å².